The number of methoxy groups -OCH3 is 1. The lowest BCUT2D eigenvalue weighted by Gasteiger charge is -2.21. The molecule has 4 rings (SSSR count). The number of aryl methyl sites for hydroxylation is 1. The lowest BCUT2D eigenvalue weighted by Crippen LogP contribution is -2.35. The molecule has 0 spiro atoms. The molecule has 2 heterocycles. The molecule has 0 fully saturated rings. The van der Waals surface area contributed by atoms with Crippen molar-refractivity contribution in [1.29, 1.82) is 0 Å². The van der Waals surface area contributed by atoms with Crippen LogP contribution in [0.15, 0.2) is 53.3 Å². The van der Waals surface area contributed by atoms with Crippen molar-refractivity contribution in [2.24, 2.45) is 7.05 Å². The van der Waals surface area contributed by atoms with E-state index in [0.717, 1.165) is 18.1 Å². The van der Waals surface area contributed by atoms with Crippen molar-refractivity contribution in [3.8, 4) is 28.4 Å². The summed E-state index contributed by atoms with van der Waals surface area (Å²) in [5.74, 6) is 0.261. The summed E-state index contributed by atoms with van der Waals surface area (Å²) in [4.78, 5) is 20.3. The van der Waals surface area contributed by atoms with E-state index in [-0.39, 0.29) is 17.3 Å². The van der Waals surface area contributed by atoms with Crippen LogP contribution in [0, 0.1) is 0 Å². The Morgan fingerprint density at radius 3 is 2.24 bits per heavy atom. The maximum absolute atomic E-state index is 13.1. The van der Waals surface area contributed by atoms with Gasteiger partial charge in [-0.05, 0) is 12.1 Å². The maximum atomic E-state index is 13.1. The highest BCUT2D eigenvalue weighted by atomic mass is 32.3. The molecule has 0 radical (unpaired) electrons. The number of H-pyrrole nitrogens is 1. The summed E-state index contributed by atoms with van der Waals surface area (Å²) in [6.45, 7) is 0. The Morgan fingerprint density at radius 1 is 1.00 bits per heavy atom. The number of rotatable bonds is 6. The summed E-state index contributed by atoms with van der Waals surface area (Å²) in [6, 6.07) is 13.2. The zero-order chi connectivity index (χ0) is 24.8. The van der Waals surface area contributed by atoms with Gasteiger partial charge >= 0.3 is 0 Å². The van der Waals surface area contributed by atoms with Crippen LogP contribution in [0.4, 0.5) is 5.69 Å². The van der Waals surface area contributed by atoms with Crippen molar-refractivity contribution in [3.05, 3.63) is 58.9 Å². The number of ether oxygens (including phenoxy) is 1. The summed E-state index contributed by atoms with van der Waals surface area (Å²) in [5.41, 5.74) is 1.34. The van der Waals surface area contributed by atoms with Gasteiger partial charge in [-0.2, -0.15) is 8.81 Å². The number of hydrogen-bond acceptors (Lipinski definition) is 8. The van der Waals surface area contributed by atoms with E-state index in [2.05, 4.69) is 15.1 Å². The van der Waals surface area contributed by atoms with Gasteiger partial charge in [0.2, 0.25) is 20.0 Å². The molecule has 2 aromatic heterocycles. The van der Waals surface area contributed by atoms with Crippen molar-refractivity contribution in [3.63, 3.8) is 0 Å². The van der Waals surface area contributed by atoms with E-state index in [0.29, 0.717) is 26.0 Å². The quantitative estimate of drug-likeness (QED) is 0.419. The molecule has 34 heavy (non-hydrogen) atoms. The van der Waals surface area contributed by atoms with Crippen LogP contribution in [0.5, 0.6) is 5.75 Å². The number of fused-ring (bicyclic) bond motifs is 1. The fourth-order valence-electron chi connectivity index (χ4n) is 3.70. The van der Waals surface area contributed by atoms with Gasteiger partial charge in [-0.1, -0.05) is 30.3 Å². The fraction of sp³-hybridized carbons (Fsp3) is 0.190. The molecule has 178 valence electrons. The molecule has 0 aliphatic carbocycles. The zero-order valence-corrected chi connectivity index (χ0v) is 20.3. The molecule has 0 amide bonds. The topological polar surface area (TPSA) is 144 Å². The minimum Gasteiger partial charge on any atom is -0.496 e. The highest BCUT2D eigenvalue weighted by Gasteiger charge is 2.28. The molecular formula is C21H21N5O6S2. The van der Waals surface area contributed by atoms with Gasteiger partial charge in [0.15, 0.2) is 5.65 Å². The van der Waals surface area contributed by atoms with Crippen molar-refractivity contribution >= 4 is 36.8 Å². The van der Waals surface area contributed by atoms with E-state index in [4.69, 9.17) is 4.74 Å². The van der Waals surface area contributed by atoms with Gasteiger partial charge < -0.3 is 9.72 Å². The molecule has 0 aliphatic heterocycles. The van der Waals surface area contributed by atoms with Gasteiger partial charge in [0.25, 0.3) is 5.56 Å². The molecule has 11 nitrogen and oxygen atoms in total. The first kappa shape index (κ1) is 23.4. The standard InChI is InChI=1S/C21H21N5O6S2/c1-25-20-17(18(24-25)13-8-6-5-7-9-13)21(27)23-19(22-20)15-11-10-14(12-16(15)32-2)26(33(3,28)29)34(4,30)31/h5-12H,1-4H3,(H,22,23,27). The number of nitrogens with one attached hydrogen (secondary N) is 1. The van der Waals surface area contributed by atoms with E-state index >= 15 is 0 Å². The van der Waals surface area contributed by atoms with Crippen molar-refractivity contribution in [2.45, 2.75) is 0 Å². The molecule has 0 saturated carbocycles. The number of aromatic amines is 1. The first-order chi connectivity index (χ1) is 15.9. The summed E-state index contributed by atoms with van der Waals surface area (Å²) >= 11 is 0. The van der Waals surface area contributed by atoms with Gasteiger partial charge in [0.05, 0.1) is 30.9 Å². The smallest absolute Gasteiger partial charge is 0.262 e. The highest BCUT2D eigenvalue weighted by Crippen LogP contribution is 2.34. The van der Waals surface area contributed by atoms with Crippen LogP contribution in [0.25, 0.3) is 33.7 Å². The second-order valence-electron chi connectivity index (χ2n) is 7.56. The first-order valence-corrected chi connectivity index (χ1v) is 13.5. The van der Waals surface area contributed by atoms with Crippen molar-refractivity contribution in [2.75, 3.05) is 23.3 Å². The molecular weight excluding hydrogens is 482 g/mol. The lowest BCUT2D eigenvalue weighted by molar-refractivity contribution is 0.416. The third-order valence-corrected chi connectivity index (χ3v) is 8.25. The van der Waals surface area contributed by atoms with E-state index in [9.17, 15) is 21.6 Å². The minimum atomic E-state index is -4.14. The van der Waals surface area contributed by atoms with Gasteiger partial charge in [0.1, 0.15) is 22.7 Å². The van der Waals surface area contributed by atoms with E-state index in [1.165, 1.54) is 30.0 Å². The summed E-state index contributed by atoms with van der Waals surface area (Å²) in [6.07, 6.45) is 1.57. The summed E-state index contributed by atoms with van der Waals surface area (Å²) < 4.78 is 55.6. The number of aromatic nitrogens is 4. The number of anilines is 1. The van der Waals surface area contributed by atoms with E-state index in [1.807, 2.05) is 30.3 Å². The maximum Gasteiger partial charge on any atom is 0.262 e. The molecule has 0 saturated heterocycles. The molecule has 4 aromatic rings. The Hall–Kier alpha value is -3.71. The fourth-order valence-corrected chi connectivity index (χ4v) is 6.66. The normalized spacial score (nSPS) is 12.1. The van der Waals surface area contributed by atoms with Crippen LogP contribution in [0.1, 0.15) is 0 Å². The zero-order valence-electron chi connectivity index (χ0n) is 18.7. The van der Waals surface area contributed by atoms with Crippen molar-refractivity contribution < 1.29 is 21.6 Å². The van der Waals surface area contributed by atoms with Crippen LogP contribution >= 0.6 is 0 Å². The van der Waals surface area contributed by atoms with Gasteiger partial charge in [-0.3, -0.25) is 4.79 Å². The van der Waals surface area contributed by atoms with Crippen LogP contribution in [-0.2, 0) is 27.1 Å². The lowest BCUT2D eigenvalue weighted by atomic mass is 10.1. The van der Waals surface area contributed by atoms with Crippen molar-refractivity contribution in [1.82, 2.24) is 19.7 Å². The second kappa shape index (κ2) is 8.25. The largest absolute Gasteiger partial charge is 0.496 e. The third kappa shape index (κ3) is 4.15. The Balaban J connectivity index is 1.90. The number of hydrogen-bond donors (Lipinski definition) is 1. The molecule has 0 aliphatic rings. The molecule has 13 heteroatoms. The summed E-state index contributed by atoms with van der Waals surface area (Å²) in [7, 11) is -5.27. The Bertz CT molecular complexity index is 1640. The van der Waals surface area contributed by atoms with E-state index in [1.54, 1.807) is 7.05 Å². The second-order valence-corrected chi connectivity index (χ2v) is 11.5. The number of sulfonamides is 2. The third-order valence-electron chi connectivity index (χ3n) is 4.99. The average molecular weight is 504 g/mol. The molecule has 2 aromatic carbocycles. The number of benzene rings is 2. The minimum absolute atomic E-state index is 0.114. The van der Waals surface area contributed by atoms with E-state index < -0.39 is 25.6 Å². The molecule has 0 unspecified atom stereocenters. The summed E-state index contributed by atoms with van der Waals surface area (Å²) in [5, 5.41) is 4.77. The highest BCUT2D eigenvalue weighted by molar-refractivity contribution is 8.09. The molecule has 0 bridgehead atoms. The average Bonchev–Trinajstić information content (AvgIpc) is 3.09. The van der Waals surface area contributed by atoms with Gasteiger partial charge in [0, 0.05) is 18.7 Å². The van der Waals surface area contributed by atoms with Crippen LogP contribution in [0.2, 0.25) is 0 Å². The van der Waals surface area contributed by atoms with Crippen LogP contribution in [0.3, 0.4) is 0 Å². The Morgan fingerprint density at radius 2 is 1.65 bits per heavy atom. The monoisotopic (exact) mass is 503 g/mol. The predicted octanol–water partition coefficient (Wildman–Crippen LogP) is 1.72. The van der Waals surface area contributed by atoms with Crippen LogP contribution in [-0.4, -0.2) is 56.2 Å². The van der Waals surface area contributed by atoms with Crippen LogP contribution < -0.4 is 14.0 Å². The van der Waals surface area contributed by atoms with Gasteiger partial charge in [-0.25, -0.2) is 26.5 Å². The Kier molecular flexibility index (Phi) is 5.69. The predicted molar refractivity (Wildman–Crippen MR) is 129 cm³/mol. The number of nitrogens with zero attached hydrogens (tertiary/aromatic N) is 4. The molecule has 0 atom stereocenters. The first-order valence-electron chi connectivity index (χ1n) is 9.83. The van der Waals surface area contributed by atoms with Gasteiger partial charge in [-0.15, -0.1) is 0 Å². The Labute approximate surface area is 195 Å². The SMILES string of the molecule is COc1cc(N(S(C)(=O)=O)S(C)(=O)=O)ccc1-c1nc2c(c(-c3ccccc3)nn2C)c(=O)[nH]1. The molecule has 1 N–H and O–H groups in total.